The molecule has 0 spiro atoms. The Morgan fingerprint density at radius 1 is 1.00 bits per heavy atom. The van der Waals surface area contributed by atoms with E-state index in [9.17, 15) is 0 Å². The number of rotatable bonds is 7. The molecule has 0 bridgehead atoms. The van der Waals surface area contributed by atoms with Crippen molar-refractivity contribution in [2.45, 2.75) is 31.8 Å². The van der Waals surface area contributed by atoms with Crippen LogP contribution in [0.15, 0.2) is 34.9 Å². The van der Waals surface area contributed by atoms with Crippen LogP contribution >= 0.6 is 0 Å². The van der Waals surface area contributed by atoms with Gasteiger partial charge in [0.25, 0.3) is 0 Å². The molecule has 0 radical (unpaired) electrons. The molecule has 32 heavy (non-hydrogen) atoms. The molecule has 10 nitrogen and oxygen atoms in total. The lowest BCUT2D eigenvalue weighted by Gasteiger charge is -2.17. The number of anilines is 4. The first-order chi connectivity index (χ1) is 15.7. The molecule has 10 heteroatoms. The van der Waals surface area contributed by atoms with Crippen molar-refractivity contribution in [1.29, 1.82) is 0 Å². The first kappa shape index (κ1) is 19.4. The fourth-order valence-corrected chi connectivity index (χ4v) is 4.99. The molecule has 1 aromatic carbocycles. The SMILES string of the molecule is Nc1nc(Nc2ccccc2)nc(-c2noc(N3C[C@@H]4C(COC5CCCC5)[C@@H]4C3)n2)n1. The van der Waals surface area contributed by atoms with Gasteiger partial charge in [-0.25, -0.2) is 0 Å². The summed E-state index contributed by atoms with van der Waals surface area (Å²) in [6.45, 7) is 2.74. The lowest BCUT2D eigenvalue weighted by Crippen LogP contribution is -2.25. The largest absolute Gasteiger partial charge is 0.378 e. The van der Waals surface area contributed by atoms with Crippen molar-refractivity contribution in [1.82, 2.24) is 25.1 Å². The maximum atomic E-state index is 6.12. The zero-order chi connectivity index (χ0) is 21.5. The van der Waals surface area contributed by atoms with Gasteiger partial charge in [-0.2, -0.15) is 19.9 Å². The van der Waals surface area contributed by atoms with E-state index in [0.29, 0.717) is 41.6 Å². The average Bonchev–Trinajstić information content (AvgIpc) is 3.33. The molecule has 6 rings (SSSR count). The van der Waals surface area contributed by atoms with Crippen molar-refractivity contribution < 1.29 is 9.26 Å². The topological polar surface area (TPSA) is 128 Å². The summed E-state index contributed by atoms with van der Waals surface area (Å²) >= 11 is 0. The number of ether oxygens (including phenoxy) is 1. The fraction of sp³-hybridized carbons (Fsp3) is 0.500. The van der Waals surface area contributed by atoms with E-state index in [2.05, 4.69) is 35.3 Å². The lowest BCUT2D eigenvalue weighted by molar-refractivity contribution is 0.0461. The quantitative estimate of drug-likeness (QED) is 0.573. The van der Waals surface area contributed by atoms with Crippen LogP contribution in [0.4, 0.5) is 23.6 Å². The Labute approximate surface area is 185 Å². The zero-order valence-corrected chi connectivity index (χ0v) is 17.7. The summed E-state index contributed by atoms with van der Waals surface area (Å²) in [5.74, 6) is 2.97. The second-order valence-corrected chi connectivity index (χ2v) is 8.87. The van der Waals surface area contributed by atoms with Crippen molar-refractivity contribution in [2.24, 2.45) is 17.8 Å². The third kappa shape index (κ3) is 3.86. The van der Waals surface area contributed by atoms with Gasteiger partial charge in [-0.15, -0.1) is 0 Å². The van der Waals surface area contributed by atoms with Crippen LogP contribution in [0.3, 0.4) is 0 Å². The minimum Gasteiger partial charge on any atom is -0.378 e. The lowest BCUT2D eigenvalue weighted by atomic mass is 10.2. The first-order valence-corrected chi connectivity index (χ1v) is 11.3. The van der Waals surface area contributed by atoms with Gasteiger partial charge in [0, 0.05) is 18.8 Å². The van der Waals surface area contributed by atoms with Crippen LogP contribution in [0.1, 0.15) is 25.7 Å². The van der Waals surface area contributed by atoms with E-state index in [1.807, 2.05) is 30.3 Å². The smallest absolute Gasteiger partial charge is 0.324 e. The van der Waals surface area contributed by atoms with E-state index in [1.165, 1.54) is 25.7 Å². The van der Waals surface area contributed by atoms with Gasteiger partial charge in [-0.3, -0.25) is 0 Å². The normalized spacial score (nSPS) is 24.6. The predicted octanol–water partition coefficient (Wildman–Crippen LogP) is 2.89. The third-order valence-electron chi connectivity index (χ3n) is 6.77. The Morgan fingerprint density at radius 2 is 1.78 bits per heavy atom. The zero-order valence-electron chi connectivity index (χ0n) is 17.7. The number of nitrogen functional groups attached to an aromatic ring is 1. The van der Waals surface area contributed by atoms with Crippen molar-refractivity contribution >= 4 is 23.6 Å². The molecule has 0 amide bonds. The number of benzene rings is 1. The highest BCUT2D eigenvalue weighted by Crippen LogP contribution is 2.52. The molecule has 166 valence electrons. The van der Waals surface area contributed by atoms with Crippen LogP contribution in [0.2, 0.25) is 0 Å². The Kier molecular flexibility index (Phi) is 4.86. The summed E-state index contributed by atoms with van der Waals surface area (Å²) < 4.78 is 11.6. The number of nitrogens with two attached hydrogens (primary N) is 1. The molecule has 1 aliphatic heterocycles. The molecular weight excluding hydrogens is 408 g/mol. The maximum Gasteiger partial charge on any atom is 0.324 e. The standard InChI is InChI=1S/C22H26N8O2/c23-20-25-18(26-21(28-20)24-13-6-2-1-3-7-13)19-27-22(32-29-19)30-10-15-16(11-30)17(15)12-31-14-8-4-5-9-14/h1-3,6-7,14-17H,4-5,8-12H2,(H3,23,24,25,26,28)/t15-,16+,17?. The molecule has 2 aliphatic carbocycles. The van der Waals surface area contributed by atoms with Crippen molar-refractivity contribution in [3.05, 3.63) is 30.3 Å². The first-order valence-electron chi connectivity index (χ1n) is 11.3. The minimum atomic E-state index is 0.0901. The highest BCUT2D eigenvalue weighted by Gasteiger charge is 2.56. The molecule has 1 unspecified atom stereocenters. The van der Waals surface area contributed by atoms with Crippen LogP contribution in [0.25, 0.3) is 11.6 Å². The van der Waals surface area contributed by atoms with Crippen molar-refractivity contribution in [2.75, 3.05) is 35.6 Å². The summed E-state index contributed by atoms with van der Waals surface area (Å²) in [6, 6.07) is 10.1. The number of hydrogen-bond donors (Lipinski definition) is 2. The molecule has 3 N–H and O–H groups in total. The van der Waals surface area contributed by atoms with Gasteiger partial charge in [0.15, 0.2) is 0 Å². The third-order valence-corrected chi connectivity index (χ3v) is 6.77. The number of para-hydroxylation sites is 1. The summed E-state index contributed by atoms with van der Waals surface area (Å²) in [7, 11) is 0. The Bertz CT molecular complexity index is 1070. The highest BCUT2D eigenvalue weighted by atomic mass is 16.5. The maximum absolute atomic E-state index is 6.12. The van der Waals surface area contributed by atoms with E-state index in [0.717, 1.165) is 25.4 Å². The summed E-state index contributed by atoms with van der Waals surface area (Å²) in [6.07, 6.45) is 5.56. The van der Waals surface area contributed by atoms with Gasteiger partial charge in [0.1, 0.15) is 0 Å². The number of nitrogens with one attached hydrogen (secondary N) is 1. The van der Waals surface area contributed by atoms with E-state index in [4.69, 9.17) is 15.0 Å². The number of piperidine rings is 1. The molecule has 3 heterocycles. The summed E-state index contributed by atoms with van der Waals surface area (Å²) in [5, 5.41) is 7.19. The number of hydrogen-bond acceptors (Lipinski definition) is 10. The molecule has 2 saturated carbocycles. The molecule has 2 aromatic heterocycles. The predicted molar refractivity (Wildman–Crippen MR) is 118 cm³/mol. The molecule has 3 aromatic rings. The number of fused-ring (bicyclic) bond motifs is 1. The second-order valence-electron chi connectivity index (χ2n) is 8.87. The van der Waals surface area contributed by atoms with Gasteiger partial charge in [-0.1, -0.05) is 36.2 Å². The molecule has 3 aliphatic rings. The number of aromatic nitrogens is 5. The van der Waals surface area contributed by atoms with E-state index in [-0.39, 0.29) is 11.8 Å². The second kappa shape index (κ2) is 8.01. The van der Waals surface area contributed by atoms with Gasteiger partial charge in [0.05, 0.1) is 12.7 Å². The van der Waals surface area contributed by atoms with Crippen LogP contribution < -0.4 is 16.0 Å². The summed E-state index contributed by atoms with van der Waals surface area (Å²) in [5.41, 5.74) is 6.73. The minimum absolute atomic E-state index is 0.0901. The van der Waals surface area contributed by atoms with E-state index >= 15 is 0 Å². The molecule has 3 atom stereocenters. The fourth-order valence-electron chi connectivity index (χ4n) is 4.99. The van der Waals surface area contributed by atoms with E-state index < -0.39 is 0 Å². The molecular formula is C22H26N8O2. The summed E-state index contributed by atoms with van der Waals surface area (Å²) in [4.78, 5) is 19.4. The van der Waals surface area contributed by atoms with Crippen LogP contribution in [0, 0.1) is 17.8 Å². The van der Waals surface area contributed by atoms with Crippen LogP contribution in [0.5, 0.6) is 0 Å². The Balaban J connectivity index is 1.09. The van der Waals surface area contributed by atoms with Gasteiger partial charge in [0.2, 0.25) is 23.5 Å². The van der Waals surface area contributed by atoms with Gasteiger partial charge in [-0.05, 0) is 42.7 Å². The number of nitrogens with zero attached hydrogens (tertiary/aromatic N) is 6. The van der Waals surface area contributed by atoms with E-state index in [1.54, 1.807) is 0 Å². The Hall–Kier alpha value is -3.27. The monoisotopic (exact) mass is 434 g/mol. The Morgan fingerprint density at radius 3 is 2.56 bits per heavy atom. The van der Waals surface area contributed by atoms with Crippen LogP contribution in [-0.4, -0.2) is 50.9 Å². The average molecular weight is 435 g/mol. The molecule has 1 saturated heterocycles. The van der Waals surface area contributed by atoms with Crippen molar-refractivity contribution in [3.63, 3.8) is 0 Å². The van der Waals surface area contributed by atoms with Gasteiger partial charge < -0.3 is 25.2 Å². The van der Waals surface area contributed by atoms with Gasteiger partial charge >= 0.3 is 6.01 Å². The molecule has 3 fully saturated rings. The highest BCUT2D eigenvalue weighted by molar-refractivity contribution is 5.57. The van der Waals surface area contributed by atoms with Crippen molar-refractivity contribution in [3.8, 4) is 11.6 Å². The van der Waals surface area contributed by atoms with Crippen LogP contribution in [-0.2, 0) is 4.74 Å².